The molecule has 1 aromatic carbocycles. The first kappa shape index (κ1) is 17.2. The van der Waals surface area contributed by atoms with Gasteiger partial charge in [0, 0.05) is 22.4 Å². The van der Waals surface area contributed by atoms with Gasteiger partial charge in [0.1, 0.15) is 11.3 Å². The van der Waals surface area contributed by atoms with Crippen molar-refractivity contribution in [1.82, 2.24) is 5.32 Å². The second-order valence-corrected chi connectivity index (χ2v) is 7.85. The van der Waals surface area contributed by atoms with Crippen LogP contribution in [0.5, 0.6) is 5.75 Å². The molecule has 0 saturated carbocycles. The van der Waals surface area contributed by atoms with E-state index in [1.165, 1.54) is 6.08 Å². The quantitative estimate of drug-likeness (QED) is 0.819. The van der Waals surface area contributed by atoms with Crippen LogP contribution in [0.3, 0.4) is 0 Å². The number of amides is 1. The van der Waals surface area contributed by atoms with E-state index in [-0.39, 0.29) is 12.4 Å². The number of benzene rings is 1. The van der Waals surface area contributed by atoms with Crippen molar-refractivity contribution in [2.45, 2.75) is 19.9 Å². The van der Waals surface area contributed by atoms with E-state index in [4.69, 9.17) is 9.15 Å². The van der Waals surface area contributed by atoms with E-state index < -0.39 is 27.4 Å². The number of hydrogen-bond donors (Lipinski definition) is 1. The summed E-state index contributed by atoms with van der Waals surface area (Å²) >= 11 is 0. The Bertz CT molecular complexity index is 1040. The van der Waals surface area contributed by atoms with Crippen molar-refractivity contribution in [2.24, 2.45) is 0 Å². The molecule has 0 spiro atoms. The Hall–Kier alpha value is -2.61. The minimum Gasteiger partial charge on any atom is -0.484 e. The van der Waals surface area contributed by atoms with E-state index in [1.807, 2.05) is 6.92 Å². The molecule has 1 atom stereocenters. The van der Waals surface area contributed by atoms with E-state index in [1.54, 1.807) is 25.1 Å². The summed E-state index contributed by atoms with van der Waals surface area (Å²) in [5.41, 5.74) is 1.37. The number of ether oxygens (including phenoxy) is 1. The molecule has 132 valence electrons. The van der Waals surface area contributed by atoms with Crippen molar-refractivity contribution in [3.05, 3.63) is 51.2 Å². The Balaban J connectivity index is 1.67. The Morgan fingerprint density at radius 1 is 1.32 bits per heavy atom. The topological polar surface area (TPSA) is 103 Å². The van der Waals surface area contributed by atoms with Crippen LogP contribution in [0, 0.1) is 13.8 Å². The Labute approximate surface area is 144 Å². The van der Waals surface area contributed by atoms with Gasteiger partial charge in [-0.2, -0.15) is 0 Å². The second-order valence-electron chi connectivity index (χ2n) is 5.92. The number of hydrogen-bond acceptors (Lipinski definition) is 6. The zero-order valence-corrected chi connectivity index (χ0v) is 14.6. The van der Waals surface area contributed by atoms with Gasteiger partial charge in [-0.3, -0.25) is 4.79 Å². The molecule has 1 N–H and O–H groups in total. The highest BCUT2D eigenvalue weighted by molar-refractivity contribution is 7.94. The minimum absolute atomic E-state index is 0.140. The molecule has 2 aromatic rings. The van der Waals surface area contributed by atoms with E-state index in [0.29, 0.717) is 16.9 Å². The lowest BCUT2D eigenvalue weighted by Crippen LogP contribution is -2.38. The third kappa shape index (κ3) is 3.74. The fourth-order valence-electron chi connectivity index (χ4n) is 2.58. The van der Waals surface area contributed by atoms with E-state index in [2.05, 4.69) is 5.32 Å². The van der Waals surface area contributed by atoms with Crippen molar-refractivity contribution in [1.29, 1.82) is 0 Å². The van der Waals surface area contributed by atoms with Crippen molar-refractivity contribution in [3.63, 3.8) is 0 Å². The number of fused-ring (bicyclic) bond motifs is 1. The molecule has 0 aliphatic carbocycles. The molecule has 0 saturated heterocycles. The number of carbonyl (C=O) groups excluding carboxylic acids is 1. The molecule has 0 radical (unpaired) electrons. The van der Waals surface area contributed by atoms with Crippen LogP contribution in [0.15, 0.2) is 38.9 Å². The minimum atomic E-state index is -3.22. The summed E-state index contributed by atoms with van der Waals surface area (Å²) < 4.78 is 33.2. The number of nitrogens with one attached hydrogen (secondary N) is 1. The van der Waals surface area contributed by atoms with Crippen LogP contribution >= 0.6 is 0 Å². The highest BCUT2D eigenvalue weighted by Gasteiger charge is 2.23. The van der Waals surface area contributed by atoms with Crippen LogP contribution in [0.1, 0.15) is 11.1 Å². The summed E-state index contributed by atoms with van der Waals surface area (Å²) in [6.07, 6.45) is 1.43. The fraction of sp³-hybridized carbons (Fsp3) is 0.294. The third-order valence-electron chi connectivity index (χ3n) is 4.07. The standard InChI is InChI=1S/C17H17NO6S/c1-10-11(2)17(20)24-15-7-13(3-4-14(10)15)23-8-16(19)18-12-5-6-25(21,22)9-12/h3-7,12H,8-9H2,1-2H3,(H,18,19)/t12-/m0/s1. The van der Waals surface area contributed by atoms with Gasteiger partial charge in [0.2, 0.25) is 0 Å². The summed E-state index contributed by atoms with van der Waals surface area (Å²) in [5, 5.41) is 4.46. The molecule has 25 heavy (non-hydrogen) atoms. The van der Waals surface area contributed by atoms with Crippen molar-refractivity contribution in [2.75, 3.05) is 12.4 Å². The van der Waals surface area contributed by atoms with Gasteiger partial charge >= 0.3 is 5.63 Å². The first-order chi connectivity index (χ1) is 11.7. The van der Waals surface area contributed by atoms with Gasteiger partial charge in [-0.25, -0.2) is 13.2 Å². The smallest absolute Gasteiger partial charge is 0.339 e. The van der Waals surface area contributed by atoms with Crippen LogP contribution in [-0.4, -0.2) is 32.7 Å². The van der Waals surface area contributed by atoms with Gasteiger partial charge in [0.15, 0.2) is 16.4 Å². The van der Waals surface area contributed by atoms with Crippen molar-refractivity contribution in [3.8, 4) is 5.75 Å². The van der Waals surface area contributed by atoms with Crippen LogP contribution < -0.4 is 15.7 Å². The van der Waals surface area contributed by atoms with Crippen LogP contribution in [0.25, 0.3) is 11.0 Å². The highest BCUT2D eigenvalue weighted by atomic mass is 32.2. The number of carbonyl (C=O) groups is 1. The lowest BCUT2D eigenvalue weighted by atomic mass is 10.1. The maximum absolute atomic E-state index is 11.9. The SMILES string of the molecule is Cc1c(C)c2ccc(OCC(=O)N[C@H]3C=CS(=O)(=O)C3)cc2oc1=O. The summed E-state index contributed by atoms with van der Waals surface area (Å²) in [7, 11) is -3.22. The molecule has 0 fully saturated rings. The summed E-state index contributed by atoms with van der Waals surface area (Å²) in [5.74, 6) is -0.199. The lowest BCUT2D eigenvalue weighted by molar-refractivity contribution is -0.123. The zero-order chi connectivity index (χ0) is 18.2. The van der Waals surface area contributed by atoms with Gasteiger partial charge in [0.05, 0.1) is 11.8 Å². The summed E-state index contributed by atoms with van der Waals surface area (Å²) in [4.78, 5) is 23.6. The Morgan fingerprint density at radius 2 is 2.08 bits per heavy atom. The first-order valence-corrected chi connectivity index (χ1v) is 9.34. The summed E-state index contributed by atoms with van der Waals surface area (Å²) in [6.45, 7) is 3.27. The maximum Gasteiger partial charge on any atom is 0.339 e. The van der Waals surface area contributed by atoms with Gasteiger partial charge in [-0.15, -0.1) is 0 Å². The molecule has 1 aliphatic rings. The average Bonchev–Trinajstić information content (AvgIpc) is 2.89. The second kappa shape index (κ2) is 6.36. The molecule has 1 aromatic heterocycles. The molecular formula is C17H17NO6S. The van der Waals surface area contributed by atoms with Crippen molar-refractivity contribution >= 4 is 26.7 Å². The average molecular weight is 363 g/mol. The monoisotopic (exact) mass is 363 g/mol. The van der Waals surface area contributed by atoms with Gasteiger partial charge in [-0.05, 0) is 37.6 Å². The molecule has 7 nitrogen and oxygen atoms in total. The molecule has 1 aliphatic heterocycles. The predicted octanol–water partition coefficient (Wildman–Crippen LogP) is 1.22. The highest BCUT2D eigenvalue weighted by Crippen LogP contribution is 2.23. The summed E-state index contributed by atoms with van der Waals surface area (Å²) in [6, 6.07) is 4.46. The van der Waals surface area contributed by atoms with Crippen LogP contribution in [-0.2, 0) is 14.6 Å². The number of sulfone groups is 1. The number of rotatable bonds is 4. The normalized spacial score (nSPS) is 18.4. The lowest BCUT2D eigenvalue weighted by Gasteiger charge is -2.11. The molecule has 3 rings (SSSR count). The molecule has 1 amide bonds. The van der Waals surface area contributed by atoms with E-state index in [0.717, 1.165) is 16.4 Å². The van der Waals surface area contributed by atoms with E-state index in [9.17, 15) is 18.0 Å². The maximum atomic E-state index is 11.9. The first-order valence-electron chi connectivity index (χ1n) is 7.62. The Morgan fingerprint density at radius 3 is 2.76 bits per heavy atom. The van der Waals surface area contributed by atoms with Gasteiger partial charge in [-0.1, -0.05) is 0 Å². The largest absolute Gasteiger partial charge is 0.484 e. The van der Waals surface area contributed by atoms with Gasteiger partial charge < -0.3 is 14.5 Å². The molecule has 0 bridgehead atoms. The molecule has 8 heteroatoms. The fourth-order valence-corrected chi connectivity index (χ4v) is 3.82. The van der Waals surface area contributed by atoms with Crippen molar-refractivity contribution < 1.29 is 22.4 Å². The van der Waals surface area contributed by atoms with Crippen LogP contribution in [0.4, 0.5) is 0 Å². The van der Waals surface area contributed by atoms with E-state index >= 15 is 0 Å². The van der Waals surface area contributed by atoms with Crippen LogP contribution in [0.2, 0.25) is 0 Å². The zero-order valence-electron chi connectivity index (χ0n) is 13.7. The number of aryl methyl sites for hydroxylation is 1. The third-order valence-corrected chi connectivity index (χ3v) is 5.47. The molecular weight excluding hydrogens is 346 g/mol. The molecule has 2 heterocycles. The molecule has 0 unspecified atom stereocenters. The predicted molar refractivity (Wildman–Crippen MR) is 92.3 cm³/mol. The Kier molecular flexibility index (Phi) is 4.38. The van der Waals surface area contributed by atoms with Gasteiger partial charge in [0.25, 0.3) is 5.91 Å².